The van der Waals surface area contributed by atoms with Crippen LogP contribution in [0.15, 0.2) is 47.4 Å². The van der Waals surface area contributed by atoms with E-state index >= 15 is 0 Å². The van der Waals surface area contributed by atoms with Gasteiger partial charge in [-0.2, -0.15) is 0 Å². The van der Waals surface area contributed by atoms with Crippen molar-refractivity contribution in [2.45, 2.75) is 25.3 Å². The van der Waals surface area contributed by atoms with Gasteiger partial charge in [0.05, 0.1) is 0 Å². The first kappa shape index (κ1) is 14.9. The van der Waals surface area contributed by atoms with E-state index in [1.165, 1.54) is 5.56 Å². The quantitative estimate of drug-likeness (QED) is 0.783. The van der Waals surface area contributed by atoms with Crippen LogP contribution in [0.25, 0.3) is 0 Å². The Bertz CT molecular complexity index is 569. The zero-order valence-electron chi connectivity index (χ0n) is 12.3. The third-order valence-corrected chi connectivity index (χ3v) is 3.90. The van der Waals surface area contributed by atoms with Crippen LogP contribution in [-0.2, 0) is 6.54 Å². The van der Waals surface area contributed by atoms with E-state index in [1.54, 1.807) is 11.8 Å². The monoisotopic (exact) mass is 287 g/mol. The number of aryl methyl sites for hydroxylation is 1. The molecule has 0 bridgehead atoms. The molecule has 1 N–H and O–H groups in total. The smallest absolute Gasteiger partial charge is 0.140 e. The van der Waals surface area contributed by atoms with Gasteiger partial charge in [-0.3, -0.25) is 0 Å². The predicted molar refractivity (Wildman–Crippen MR) is 86.9 cm³/mol. The number of rotatable bonds is 6. The van der Waals surface area contributed by atoms with Crippen LogP contribution < -0.4 is 10.1 Å². The number of hydrogen-bond acceptors (Lipinski definition) is 3. The van der Waals surface area contributed by atoms with E-state index in [0.29, 0.717) is 0 Å². The normalized spacial score (nSPS) is 10.6. The zero-order chi connectivity index (χ0) is 14.4. The van der Waals surface area contributed by atoms with Gasteiger partial charge in [0.2, 0.25) is 0 Å². The number of para-hydroxylation sites is 1. The zero-order valence-corrected chi connectivity index (χ0v) is 13.1. The van der Waals surface area contributed by atoms with Crippen LogP contribution in [0.3, 0.4) is 0 Å². The second-order valence-corrected chi connectivity index (χ2v) is 5.48. The van der Waals surface area contributed by atoms with Crippen molar-refractivity contribution < 1.29 is 4.74 Å². The van der Waals surface area contributed by atoms with E-state index in [4.69, 9.17) is 4.74 Å². The van der Waals surface area contributed by atoms with Gasteiger partial charge in [0.25, 0.3) is 0 Å². The standard InChI is InChI=1S/C17H21NOS/c1-4-18-12-14-10-9-13(2)16(11-14)19-15-7-5-6-8-17(15)20-3/h5-11,18H,4,12H2,1-3H3. The van der Waals surface area contributed by atoms with Gasteiger partial charge in [-0.25, -0.2) is 0 Å². The Kier molecular flexibility index (Phi) is 5.50. The van der Waals surface area contributed by atoms with Crippen molar-refractivity contribution in [2.24, 2.45) is 0 Å². The van der Waals surface area contributed by atoms with Crippen LogP contribution in [0, 0.1) is 6.92 Å². The summed E-state index contributed by atoms with van der Waals surface area (Å²) in [5, 5.41) is 3.34. The fourth-order valence-corrected chi connectivity index (χ4v) is 2.48. The molecule has 0 unspecified atom stereocenters. The maximum atomic E-state index is 6.10. The molecule has 20 heavy (non-hydrogen) atoms. The Morgan fingerprint density at radius 1 is 1.10 bits per heavy atom. The second kappa shape index (κ2) is 7.36. The first-order valence-electron chi connectivity index (χ1n) is 6.85. The fourth-order valence-electron chi connectivity index (χ4n) is 1.96. The van der Waals surface area contributed by atoms with Crippen molar-refractivity contribution in [3.8, 4) is 11.5 Å². The molecule has 0 aromatic heterocycles. The Balaban J connectivity index is 2.23. The maximum Gasteiger partial charge on any atom is 0.140 e. The van der Waals surface area contributed by atoms with Gasteiger partial charge < -0.3 is 10.1 Å². The minimum absolute atomic E-state index is 0.872. The molecule has 2 rings (SSSR count). The van der Waals surface area contributed by atoms with Crippen molar-refractivity contribution >= 4 is 11.8 Å². The number of thioether (sulfide) groups is 1. The summed E-state index contributed by atoms with van der Waals surface area (Å²) in [6, 6.07) is 14.5. The molecule has 0 aliphatic rings. The molecule has 106 valence electrons. The van der Waals surface area contributed by atoms with Gasteiger partial charge in [-0.1, -0.05) is 31.2 Å². The van der Waals surface area contributed by atoms with Crippen molar-refractivity contribution in [3.63, 3.8) is 0 Å². The summed E-state index contributed by atoms with van der Waals surface area (Å²) in [6.07, 6.45) is 2.07. The van der Waals surface area contributed by atoms with Crippen molar-refractivity contribution in [1.29, 1.82) is 0 Å². The molecule has 0 saturated carbocycles. The van der Waals surface area contributed by atoms with E-state index < -0.39 is 0 Å². The van der Waals surface area contributed by atoms with E-state index in [-0.39, 0.29) is 0 Å². The van der Waals surface area contributed by atoms with Gasteiger partial charge in [0, 0.05) is 11.4 Å². The van der Waals surface area contributed by atoms with Crippen molar-refractivity contribution in [1.82, 2.24) is 5.32 Å². The molecule has 0 heterocycles. The summed E-state index contributed by atoms with van der Waals surface area (Å²) in [5.74, 6) is 1.85. The molecular formula is C17H21NOS. The lowest BCUT2D eigenvalue weighted by molar-refractivity contribution is 0.466. The van der Waals surface area contributed by atoms with Gasteiger partial charge in [-0.15, -0.1) is 11.8 Å². The molecule has 0 radical (unpaired) electrons. The molecule has 3 heteroatoms. The van der Waals surface area contributed by atoms with Crippen molar-refractivity contribution in [3.05, 3.63) is 53.6 Å². The average molecular weight is 287 g/mol. The highest BCUT2D eigenvalue weighted by Crippen LogP contribution is 2.33. The van der Waals surface area contributed by atoms with Crippen LogP contribution >= 0.6 is 11.8 Å². The van der Waals surface area contributed by atoms with Crippen molar-refractivity contribution in [2.75, 3.05) is 12.8 Å². The third kappa shape index (κ3) is 3.78. The van der Waals surface area contributed by atoms with E-state index in [9.17, 15) is 0 Å². The molecular weight excluding hydrogens is 266 g/mol. The molecule has 2 aromatic carbocycles. The summed E-state index contributed by atoms with van der Waals surface area (Å²) in [4.78, 5) is 1.16. The Labute approximate surface area is 125 Å². The molecule has 2 nitrogen and oxygen atoms in total. The van der Waals surface area contributed by atoms with Gasteiger partial charge in [0.1, 0.15) is 11.5 Å². The summed E-state index contributed by atoms with van der Waals surface area (Å²) in [5.41, 5.74) is 2.40. The number of benzene rings is 2. The summed E-state index contributed by atoms with van der Waals surface area (Å²) >= 11 is 1.70. The lowest BCUT2D eigenvalue weighted by Crippen LogP contribution is -2.11. The summed E-state index contributed by atoms with van der Waals surface area (Å²) in [7, 11) is 0. The largest absolute Gasteiger partial charge is 0.456 e. The Hall–Kier alpha value is -1.45. The topological polar surface area (TPSA) is 21.3 Å². The third-order valence-electron chi connectivity index (χ3n) is 3.12. The summed E-state index contributed by atoms with van der Waals surface area (Å²) < 4.78 is 6.10. The van der Waals surface area contributed by atoms with Gasteiger partial charge >= 0.3 is 0 Å². The van der Waals surface area contributed by atoms with E-state index in [0.717, 1.165) is 35.0 Å². The van der Waals surface area contributed by atoms with Crippen LogP contribution in [-0.4, -0.2) is 12.8 Å². The van der Waals surface area contributed by atoms with Crippen LogP contribution in [0.5, 0.6) is 11.5 Å². The number of ether oxygens (including phenoxy) is 1. The van der Waals surface area contributed by atoms with E-state index in [1.807, 2.05) is 18.2 Å². The first-order chi connectivity index (χ1) is 9.74. The maximum absolute atomic E-state index is 6.10. The molecule has 0 saturated heterocycles. The minimum Gasteiger partial charge on any atom is -0.456 e. The SMILES string of the molecule is CCNCc1ccc(C)c(Oc2ccccc2SC)c1. The fraction of sp³-hybridized carbons (Fsp3) is 0.294. The molecule has 0 amide bonds. The first-order valence-corrected chi connectivity index (χ1v) is 8.08. The highest BCUT2D eigenvalue weighted by molar-refractivity contribution is 7.98. The van der Waals surface area contributed by atoms with Gasteiger partial charge in [-0.05, 0) is 49.1 Å². The molecule has 2 aromatic rings. The minimum atomic E-state index is 0.872. The highest BCUT2D eigenvalue weighted by atomic mass is 32.2. The summed E-state index contributed by atoms with van der Waals surface area (Å²) in [6.45, 7) is 6.03. The molecule has 0 fully saturated rings. The highest BCUT2D eigenvalue weighted by Gasteiger charge is 2.06. The molecule has 0 spiro atoms. The number of nitrogens with one attached hydrogen (secondary N) is 1. The Morgan fingerprint density at radius 2 is 1.90 bits per heavy atom. The molecule has 0 aliphatic heterocycles. The molecule has 0 atom stereocenters. The lowest BCUT2D eigenvalue weighted by Gasteiger charge is -2.13. The second-order valence-electron chi connectivity index (χ2n) is 4.63. The lowest BCUT2D eigenvalue weighted by atomic mass is 10.1. The van der Waals surface area contributed by atoms with Crippen LogP contribution in [0.4, 0.5) is 0 Å². The predicted octanol–water partition coefficient (Wildman–Crippen LogP) is 4.62. The average Bonchev–Trinajstić information content (AvgIpc) is 2.48. The van der Waals surface area contributed by atoms with Gasteiger partial charge in [0.15, 0.2) is 0 Å². The molecule has 0 aliphatic carbocycles. The van der Waals surface area contributed by atoms with Crippen LogP contribution in [0.1, 0.15) is 18.1 Å². The van der Waals surface area contributed by atoms with Crippen LogP contribution in [0.2, 0.25) is 0 Å². The number of hydrogen-bond donors (Lipinski definition) is 1. The Morgan fingerprint density at radius 3 is 2.65 bits per heavy atom. The van der Waals surface area contributed by atoms with E-state index in [2.05, 4.69) is 49.7 Å².